The van der Waals surface area contributed by atoms with Gasteiger partial charge in [0.25, 0.3) is 0 Å². The van der Waals surface area contributed by atoms with E-state index in [4.69, 9.17) is 5.73 Å². The Hall–Kier alpha value is -0.480. The molecule has 2 N–H and O–H groups in total. The third-order valence-corrected chi connectivity index (χ3v) is 4.04. The minimum atomic E-state index is 0.165. The highest BCUT2D eigenvalue weighted by Gasteiger charge is 2.21. The van der Waals surface area contributed by atoms with E-state index in [1.54, 1.807) is 0 Å². The van der Waals surface area contributed by atoms with Crippen LogP contribution in [-0.4, -0.2) is 9.59 Å². The highest BCUT2D eigenvalue weighted by atomic mass is 32.1. The van der Waals surface area contributed by atoms with E-state index in [0.717, 1.165) is 18.0 Å². The van der Waals surface area contributed by atoms with Gasteiger partial charge in [-0.05, 0) is 30.8 Å². The van der Waals surface area contributed by atoms with Crippen molar-refractivity contribution in [1.82, 2.24) is 9.59 Å². The quantitative estimate of drug-likeness (QED) is 0.835. The fourth-order valence-electron chi connectivity index (χ4n) is 2.29. The molecular formula is C10H17N3S. The van der Waals surface area contributed by atoms with E-state index in [1.165, 1.54) is 42.1 Å². The van der Waals surface area contributed by atoms with Crippen molar-refractivity contribution in [2.75, 3.05) is 0 Å². The minimum Gasteiger partial charge on any atom is -0.323 e. The lowest BCUT2D eigenvalue weighted by Gasteiger charge is -2.14. The van der Waals surface area contributed by atoms with Gasteiger partial charge in [-0.3, -0.25) is 0 Å². The van der Waals surface area contributed by atoms with E-state index in [2.05, 4.69) is 9.59 Å². The molecule has 0 aromatic carbocycles. The fraction of sp³-hybridized carbons (Fsp3) is 0.800. The molecule has 1 saturated carbocycles. The Balaban J connectivity index is 1.95. The molecule has 0 saturated heterocycles. The first-order valence-electron chi connectivity index (χ1n) is 5.32. The number of nitrogens with two attached hydrogens (primary N) is 1. The molecule has 78 valence electrons. The monoisotopic (exact) mass is 211 g/mol. The first kappa shape index (κ1) is 10.1. The molecule has 1 atom stereocenters. The lowest BCUT2D eigenvalue weighted by molar-refractivity contribution is 0.453. The molecule has 1 aliphatic carbocycles. The summed E-state index contributed by atoms with van der Waals surface area (Å²) in [6.07, 6.45) is 6.61. The van der Waals surface area contributed by atoms with Crippen LogP contribution in [0.15, 0.2) is 0 Å². The highest BCUT2D eigenvalue weighted by molar-refractivity contribution is 7.05. The predicted octanol–water partition coefficient (Wildman–Crippen LogP) is 2.43. The molecule has 4 heteroatoms. The Morgan fingerprint density at radius 3 is 2.79 bits per heavy atom. The zero-order valence-corrected chi connectivity index (χ0v) is 9.39. The standard InChI is InChI=1S/C10H17N3S/c1-7-10(14-13-12-7)9(11)6-8-4-2-3-5-8/h8-9H,2-6,11H2,1H3. The molecule has 0 spiro atoms. The summed E-state index contributed by atoms with van der Waals surface area (Å²) >= 11 is 1.45. The number of hydrogen-bond donors (Lipinski definition) is 1. The van der Waals surface area contributed by atoms with E-state index in [9.17, 15) is 0 Å². The number of rotatable bonds is 3. The van der Waals surface area contributed by atoms with Crippen LogP contribution in [0.5, 0.6) is 0 Å². The molecule has 0 radical (unpaired) electrons. The van der Waals surface area contributed by atoms with E-state index < -0.39 is 0 Å². The third kappa shape index (κ3) is 2.12. The van der Waals surface area contributed by atoms with E-state index in [0.29, 0.717) is 0 Å². The maximum Gasteiger partial charge on any atom is 0.0772 e. The molecule has 0 aliphatic heterocycles. The minimum absolute atomic E-state index is 0.165. The van der Waals surface area contributed by atoms with Crippen molar-refractivity contribution in [2.24, 2.45) is 11.7 Å². The summed E-state index contributed by atoms with van der Waals surface area (Å²) in [5, 5.41) is 4.00. The number of aromatic nitrogens is 2. The highest BCUT2D eigenvalue weighted by Crippen LogP contribution is 2.33. The Morgan fingerprint density at radius 2 is 2.21 bits per heavy atom. The molecule has 3 nitrogen and oxygen atoms in total. The van der Waals surface area contributed by atoms with Crippen LogP contribution in [0, 0.1) is 12.8 Å². The molecule has 1 aromatic heterocycles. The molecule has 2 rings (SSSR count). The summed E-state index contributed by atoms with van der Waals surface area (Å²) in [5.74, 6) is 0.839. The second-order valence-corrected chi connectivity index (χ2v) is 5.00. The summed E-state index contributed by atoms with van der Waals surface area (Å²) in [5.41, 5.74) is 7.16. The van der Waals surface area contributed by atoms with Crippen molar-refractivity contribution in [3.63, 3.8) is 0 Å². The van der Waals surface area contributed by atoms with E-state index in [1.807, 2.05) is 6.92 Å². The smallest absolute Gasteiger partial charge is 0.0772 e. The van der Waals surface area contributed by atoms with Crippen LogP contribution in [-0.2, 0) is 0 Å². The topological polar surface area (TPSA) is 51.8 Å². The maximum absolute atomic E-state index is 6.15. The summed E-state index contributed by atoms with van der Waals surface area (Å²) in [6, 6.07) is 0.165. The first-order valence-corrected chi connectivity index (χ1v) is 6.09. The number of nitrogens with zero attached hydrogens (tertiary/aromatic N) is 2. The summed E-state index contributed by atoms with van der Waals surface area (Å²) in [6.45, 7) is 1.99. The zero-order chi connectivity index (χ0) is 9.97. The van der Waals surface area contributed by atoms with Gasteiger partial charge in [0.1, 0.15) is 0 Å². The van der Waals surface area contributed by atoms with Gasteiger partial charge in [-0.15, -0.1) is 5.10 Å². The molecule has 0 amide bonds. The molecule has 1 fully saturated rings. The van der Waals surface area contributed by atoms with Gasteiger partial charge < -0.3 is 5.73 Å². The molecule has 1 aromatic rings. The largest absolute Gasteiger partial charge is 0.323 e. The third-order valence-electron chi connectivity index (χ3n) is 3.09. The molecule has 14 heavy (non-hydrogen) atoms. The Kier molecular flexibility index (Phi) is 3.13. The van der Waals surface area contributed by atoms with Crippen LogP contribution >= 0.6 is 11.5 Å². The molecule has 1 unspecified atom stereocenters. The fourth-order valence-corrected chi connectivity index (χ4v) is 2.95. The SMILES string of the molecule is Cc1nnsc1C(N)CC1CCCC1. The van der Waals surface area contributed by atoms with Crippen molar-refractivity contribution in [3.8, 4) is 0 Å². The normalized spacial score (nSPS) is 20.1. The zero-order valence-electron chi connectivity index (χ0n) is 8.57. The van der Waals surface area contributed by atoms with E-state index >= 15 is 0 Å². The van der Waals surface area contributed by atoms with Gasteiger partial charge in [0.15, 0.2) is 0 Å². The maximum atomic E-state index is 6.15. The van der Waals surface area contributed by atoms with Gasteiger partial charge in [0, 0.05) is 6.04 Å². The van der Waals surface area contributed by atoms with Crippen molar-refractivity contribution >= 4 is 11.5 Å². The van der Waals surface area contributed by atoms with Crippen LogP contribution in [0.25, 0.3) is 0 Å². The second-order valence-electron chi connectivity index (χ2n) is 4.22. The second kappa shape index (κ2) is 4.36. The molecular weight excluding hydrogens is 194 g/mol. The number of aryl methyl sites for hydroxylation is 1. The van der Waals surface area contributed by atoms with Crippen LogP contribution in [0.1, 0.15) is 48.7 Å². The van der Waals surface area contributed by atoms with Crippen molar-refractivity contribution in [2.45, 2.75) is 45.1 Å². The summed E-state index contributed by atoms with van der Waals surface area (Å²) in [4.78, 5) is 1.18. The summed E-state index contributed by atoms with van der Waals surface area (Å²) in [7, 11) is 0. The molecule has 1 aliphatic rings. The van der Waals surface area contributed by atoms with Gasteiger partial charge in [-0.2, -0.15) is 0 Å². The van der Waals surface area contributed by atoms with Gasteiger partial charge in [-0.1, -0.05) is 30.2 Å². The van der Waals surface area contributed by atoms with Gasteiger partial charge in [-0.25, -0.2) is 0 Å². The van der Waals surface area contributed by atoms with Gasteiger partial charge in [0.2, 0.25) is 0 Å². The molecule has 0 bridgehead atoms. The Bertz CT molecular complexity index is 291. The van der Waals surface area contributed by atoms with Crippen LogP contribution < -0.4 is 5.73 Å². The van der Waals surface area contributed by atoms with Gasteiger partial charge in [0.05, 0.1) is 10.6 Å². The van der Waals surface area contributed by atoms with Crippen LogP contribution in [0.4, 0.5) is 0 Å². The van der Waals surface area contributed by atoms with Crippen molar-refractivity contribution in [1.29, 1.82) is 0 Å². The van der Waals surface area contributed by atoms with Crippen molar-refractivity contribution < 1.29 is 0 Å². The van der Waals surface area contributed by atoms with Crippen molar-refractivity contribution in [3.05, 3.63) is 10.6 Å². The average molecular weight is 211 g/mol. The lowest BCUT2D eigenvalue weighted by atomic mass is 9.97. The van der Waals surface area contributed by atoms with Crippen LogP contribution in [0.3, 0.4) is 0 Å². The van der Waals surface area contributed by atoms with Crippen LogP contribution in [0.2, 0.25) is 0 Å². The Morgan fingerprint density at radius 1 is 1.50 bits per heavy atom. The molecule has 1 heterocycles. The average Bonchev–Trinajstić information content (AvgIpc) is 2.75. The predicted molar refractivity (Wildman–Crippen MR) is 58.1 cm³/mol. The number of hydrogen-bond acceptors (Lipinski definition) is 4. The van der Waals surface area contributed by atoms with E-state index in [-0.39, 0.29) is 6.04 Å². The summed E-state index contributed by atoms with van der Waals surface area (Å²) < 4.78 is 3.93. The lowest BCUT2D eigenvalue weighted by Crippen LogP contribution is -2.13. The first-order chi connectivity index (χ1) is 6.77. The Labute approximate surface area is 88.9 Å². The van der Waals surface area contributed by atoms with Gasteiger partial charge >= 0.3 is 0 Å².